The van der Waals surface area contributed by atoms with Gasteiger partial charge in [-0.3, -0.25) is 0 Å². The molecule has 1 aliphatic rings. The van der Waals surface area contributed by atoms with Crippen molar-refractivity contribution >= 4 is 0 Å². The molecule has 0 aromatic carbocycles. The van der Waals surface area contributed by atoms with Crippen molar-refractivity contribution in [3.05, 3.63) is 36.9 Å². The van der Waals surface area contributed by atoms with E-state index in [9.17, 15) is 0 Å². The largest absolute Gasteiger partial charge is 0.369 e. The maximum absolute atomic E-state index is 5.78. The fourth-order valence-electron chi connectivity index (χ4n) is 2.38. The summed E-state index contributed by atoms with van der Waals surface area (Å²) in [6, 6.07) is 0. The molecule has 3 heterocycles. The quantitative estimate of drug-likeness (QED) is 0.866. The molecule has 2 aromatic heterocycles. The van der Waals surface area contributed by atoms with E-state index in [2.05, 4.69) is 24.4 Å². The summed E-state index contributed by atoms with van der Waals surface area (Å²) in [6.45, 7) is 4.50. The molecule has 0 saturated carbocycles. The lowest BCUT2D eigenvalue weighted by Gasteiger charge is -2.24. The number of morpholine rings is 1. The lowest BCUT2D eigenvalue weighted by Crippen LogP contribution is -2.34. The van der Waals surface area contributed by atoms with Crippen LogP contribution in [0.1, 0.15) is 18.2 Å². The summed E-state index contributed by atoms with van der Waals surface area (Å²) in [5.74, 6) is 0. The lowest BCUT2D eigenvalue weighted by molar-refractivity contribution is 0.0227. The molecule has 0 radical (unpaired) electrons. The number of nitrogens with one attached hydrogen (secondary N) is 1. The first-order chi connectivity index (χ1) is 9.43. The first-order valence-corrected chi connectivity index (χ1v) is 6.71. The third-order valence-electron chi connectivity index (χ3n) is 3.38. The van der Waals surface area contributed by atoms with Gasteiger partial charge in [-0.25, -0.2) is 9.97 Å². The second-order valence-corrected chi connectivity index (χ2v) is 4.73. The Morgan fingerprint density at radius 3 is 3.11 bits per heavy atom. The number of nitrogens with zero attached hydrogens (tertiary/aromatic N) is 4. The number of aryl methyl sites for hydroxylation is 2. The van der Waals surface area contributed by atoms with Crippen LogP contribution in [0.4, 0.5) is 0 Å². The topological polar surface area (TPSA) is 56.9 Å². The lowest BCUT2D eigenvalue weighted by atomic mass is 10.2. The number of hydrogen-bond donors (Lipinski definition) is 1. The summed E-state index contributed by atoms with van der Waals surface area (Å²) in [7, 11) is 0. The first-order valence-electron chi connectivity index (χ1n) is 6.71. The molecule has 1 fully saturated rings. The Hall–Kier alpha value is -1.66. The predicted molar refractivity (Wildman–Crippen MR) is 70.6 cm³/mol. The van der Waals surface area contributed by atoms with Crippen LogP contribution >= 0.6 is 0 Å². The van der Waals surface area contributed by atoms with E-state index in [0.29, 0.717) is 0 Å². The van der Waals surface area contributed by atoms with Gasteiger partial charge in [-0.15, -0.1) is 0 Å². The van der Waals surface area contributed by atoms with Crippen molar-refractivity contribution in [2.24, 2.45) is 0 Å². The summed E-state index contributed by atoms with van der Waals surface area (Å²) in [4.78, 5) is 8.29. The molecule has 0 spiro atoms. The van der Waals surface area contributed by atoms with Gasteiger partial charge >= 0.3 is 0 Å². The van der Waals surface area contributed by atoms with Crippen molar-refractivity contribution in [3.8, 4) is 0 Å². The highest BCUT2D eigenvalue weighted by Gasteiger charge is 2.19. The number of rotatable bonds is 5. The fourth-order valence-corrected chi connectivity index (χ4v) is 2.38. The normalized spacial score (nSPS) is 19.7. The van der Waals surface area contributed by atoms with Crippen LogP contribution in [0.2, 0.25) is 0 Å². The van der Waals surface area contributed by atoms with E-state index < -0.39 is 0 Å². The van der Waals surface area contributed by atoms with Gasteiger partial charge in [-0.2, -0.15) is 0 Å². The van der Waals surface area contributed by atoms with Gasteiger partial charge in [0.2, 0.25) is 0 Å². The molecule has 2 aromatic rings. The second kappa shape index (κ2) is 5.99. The van der Waals surface area contributed by atoms with Crippen molar-refractivity contribution in [2.45, 2.75) is 25.6 Å². The summed E-state index contributed by atoms with van der Waals surface area (Å²) < 4.78 is 10.1. The highest BCUT2D eigenvalue weighted by Crippen LogP contribution is 2.18. The zero-order chi connectivity index (χ0) is 12.9. The van der Waals surface area contributed by atoms with E-state index in [1.807, 2.05) is 31.2 Å². The van der Waals surface area contributed by atoms with Crippen LogP contribution < -0.4 is 5.32 Å². The predicted octanol–water partition coefficient (Wildman–Crippen LogP) is 0.831. The molecule has 0 amide bonds. The molecule has 1 unspecified atom stereocenters. The van der Waals surface area contributed by atoms with Crippen LogP contribution in [0.5, 0.6) is 0 Å². The van der Waals surface area contributed by atoms with E-state index >= 15 is 0 Å². The van der Waals surface area contributed by atoms with Gasteiger partial charge in [0.1, 0.15) is 6.10 Å². The minimum absolute atomic E-state index is 0.129. The third-order valence-corrected chi connectivity index (χ3v) is 3.38. The maximum Gasteiger partial charge on any atom is 0.111 e. The van der Waals surface area contributed by atoms with Gasteiger partial charge in [0.25, 0.3) is 0 Å². The summed E-state index contributed by atoms with van der Waals surface area (Å²) in [5, 5.41) is 3.35. The summed E-state index contributed by atoms with van der Waals surface area (Å²) in [5.41, 5.74) is 1.16. The second-order valence-electron chi connectivity index (χ2n) is 4.73. The Bertz CT molecular complexity index is 487. The van der Waals surface area contributed by atoms with Gasteiger partial charge in [0, 0.05) is 38.6 Å². The van der Waals surface area contributed by atoms with Crippen molar-refractivity contribution < 1.29 is 4.74 Å². The SMILES string of the molecule is c1cn(CCCn2cncc2C2CNCCO2)cn1. The monoisotopic (exact) mass is 261 g/mol. The molecule has 102 valence electrons. The zero-order valence-corrected chi connectivity index (χ0v) is 10.9. The number of imidazole rings is 2. The Kier molecular flexibility index (Phi) is 3.90. The van der Waals surface area contributed by atoms with Crippen LogP contribution in [0.3, 0.4) is 0 Å². The fraction of sp³-hybridized carbons (Fsp3) is 0.538. The number of ether oxygens (including phenoxy) is 1. The molecule has 6 nitrogen and oxygen atoms in total. The molecule has 0 bridgehead atoms. The highest BCUT2D eigenvalue weighted by atomic mass is 16.5. The maximum atomic E-state index is 5.78. The van der Waals surface area contributed by atoms with E-state index in [-0.39, 0.29) is 6.10 Å². The average Bonchev–Trinajstić information content (AvgIpc) is 3.11. The molecule has 19 heavy (non-hydrogen) atoms. The van der Waals surface area contributed by atoms with Crippen molar-refractivity contribution in [3.63, 3.8) is 0 Å². The van der Waals surface area contributed by atoms with E-state index in [1.165, 1.54) is 0 Å². The molecule has 0 aliphatic carbocycles. The Morgan fingerprint density at radius 2 is 2.32 bits per heavy atom. The van der Waals surface area contributed by atoms with Crippen LogP contribution in [0.25, 0.3) is 0 Å². The van der Waals surface area contributed by atoms with Gasteiger partial charge in [-0.05, 0) is 6.42 Å². The Morgan fingerprint density at radius 1 is 1.32 bits per heavy atom. The Balaban J connectivity index is 1.57. The van der Waals surface area contributed by atoms with Crippen molar-refractivity contribution in [1.82, 2.24) is 24.4 Å². The van der Waals surface area contributed by atoms with Crippen LogP contribution in [-0.4, -0.2) is 38.8 Å². The third kappa shape index (κ3) is 3.02. The van der Waals surface area contributed by atoms with Gasteiger partial charge in [0.15, 0.2) is 0 Å². The van der Waals surface area contributed by atoms with E-state index in [1.54, 1.807) is 0 Å². The molecule has 1 N–H and O–H groups in total. The number of aromatic nitrogens is 4. The number of hydrogen-bond acceptors (Lipinski definition) is 4. The standard InChI is InChI=1S/C13H19N5O/c1(4-17-6-2-15-10-17)5-18-11-16-8-12(18)13-9-14-3-7-19-13/h2,6,8,10-11,13-14H,1,3-5,7,9H2. The van der Waals surface area contributed by atoms with Crippen LogP contribution in [-0.2, 0) is 17.8 Å². The van der Waals surface area contributed by atoms with Crippen molar-refractivity contribution in [2.75, 3.05) is 19.7 Å². The smallest absolute Gasteiger partial charge is 0.111 e. The average molecular weight is 261 g/mol. The summed E-state index contributed by atoms with van der Waals surface area (Å²) in [6.07, 6.45) is 10.6. The van der Waals surface area contributed by atoms with Crippen molar-refractivity contribution in [1.29, 1.82) is 0 Å². The van der Waals surface area contributed by atoms with Crippen LogP contribution in [0, 0.1) is 0 Å². The van der Waals surface area contributed by atoms with Gasteiger partial charge < -0.3 is 19.2 Å². The molecule has 1 atom stereocenters. The minimum atomic E-state index is 0.129. The molecule has 6 heteroatoms. The Labute approximate surface area is 112 Å². The minimum Gasteiger partial charge on any atom is -0.369 e. The summed E-state index contributed by atoms with van der Waals surface area (Å²) >= 11 is 0. The van der Waals surface area contributed by atoms with E-state index in [0.717, 1.165) is 44.9 Å². The first kappa shape index (κ1) is 12.4. The molecule has 1 saturated heterocycles. The zero-order valence-electron chi connectivity index (χ0n) is 10.9. The molecule has 3 rings (SSSR count). The molecular weight excluding hydrogens is 242 g/mol. The highest BCUT2D eigenvalue weighted by molar-refractivity contribution is 5.04. The molecular formula is C13H19N5O. The van der Waals surface area contributed by atoms with E-state index in [4.69, 9.17) is 4.74 Å². The van der Waals surface area contributed by atoms with Gasteiger partial charge in [-0.1, -0.05) is 0 Å². The van der Waals surface area contributed by atoms with Gasteiger partial charge in [0.05, 0.1) is 31.2 Å². The molecule has 1 aliphatic heterocycles. The van der Waals surface area contributed by atoms with Crippen LogP contribution in [0.15, 0.2) is 31.2 Å².